The number of hydrogen-bond acceptors (Lipinski definition) is 3. The molecule has 0 bridgehead atoms. The summed E-state index contributed by atoms with van der Waals surface area (Å²) in [6.45, 7) is 4.58. The van der Waals surface area contributed by atoms with E-state index in [4.69, 9.17) is 0 Å². The summed E-state index contributed by atoms with van der Waals surface area (Å²) in [7, 11) is 0. The molecule has 6 heteroatoms. The monoisotopic (exact) mass is 253 g/mol. The topological polar surface area (TPSA) is 84.0 Å². The van der Waals surface area contributed by atoms with Crippen LogP contribution >= 0.6 is 0 Å². The Bertz CT molecular complexity index is 500. The summed E-state index contributed by atoms with van der Waals surface area (Å²) >= 11 is 0. The summed E-state index contributed by atoms with van der Waals surface area (Å²) in [5, 5.41) is 5.07. The molecule has 1 rings (SSSR count). The first-order valence-corrected chi connectivity index (χ1v) is 6.13. The first-order valence-electron chi connectivity index (χ1n) is 6.13. The number of rotatable bonds is 6. The Morgan fingerprint density at radius 2 is 2.00 bits per heavy atom. The quantitative estimate of drug-likeness (QED) is 0.753. The molecule has 0 aliphatic heterocycles. The SMILES string of the molecule is CCC(CC)CNC(=O)Cn1[nH]c(=O)ccc1=O. The van der Waals surface area contributed by atoms with Gasteiger partial charge in [0.15, 0.2) is 0 Å². The molecule has 0 fully saturated rings. The molecule has 0 saturated carbocycles. The number of aromatic amines is 1. The molecule has 0 aliphatic carbocycles. The Hall–Kier alpha value is -1.85. The zero-order chi connectivity index (χ0) is 13.5. The average Bonchev–Trinajstić information content (AvgIpc) is 2.35. The number of carbonyl (C=O) groups excluding carboxylic acids is 1. The Balaban J connectivity index is 2.57. The van der Waals surface area contributed by atoms with Crippen LogP contribution in [0.4, 0.5) is 0 Å². The number of hydrogen-bond donors (Lipinski definition) is 2. The maximum Gasteiger partial charge on any atom is 0.265 e. The summed E-state index contributed by atoms with van der Waals surface area (Å²) < 4.78 is 1.00. The van der Waals surface area contributed by atoms with E-state index < -0.39 is 11.1 Å². The van der Waals surface area contributed by atoms with Crippen molar-refractivity contribution in [1.29, 1.82) is 0 Å². The van der Waals surface area contributed by atoms with Crippen LogP contribution in [0.5, 0.6) is 0 Å². The van der Waals surface area contributed by atoms with Crippen molar-refractivity contribution < 1.29 is 4.79 Å². The third-order valence-electron chi connectivity index (χ3n) is 2.93. The van der Waals surface area contributed by atoms with Gasteiger partial charge in [0.05, 0.1) is 0 Å². The van der Waals surface area contributed by atoms with E-state index in [1.165, 1.54) is 0 Å². The lowest BCUT2D eigenvalue weighted by atomic mass is 10.0. The largest absolute Gasteiger partial charge is 0.354 e. The molecule has 0 aliphatic rings. The van der Waals surface area contributed by atoms with E-state index >= 15 is 0 Å². The lowest BCUT2D eigenvalue weighted by molar-refractivity contribution is -0.122. The minimum Gasteiger partial charge on any atom is -0.354 e. The Morgan fingerprint density at radius 3 is 2.61 bits per heavy atom. The molecule has 0 spiro atoms. The van der Waals surface area contributed by atoms with E-state index in [0.29, 0.717) is 12.5 Å². The lowest BCUT2D eigenvalue weighted by Crippen LogP contribution is -2.37. The molecule has 0 radical (unpaired) electrons. The fourth-order valence-corrected chi connectivity index (χ4v) is 1.61. The zero-order valence-electron chi connectivity index (χ0n) is 10.7. The van der Waals surface area contributed by atoms with Gasteiger partial charge >= 0.3 is 0 Å². The van der Waals surface area contributed by atoms with Gasteiger partial charge in [-0.25, -0.2) is 4.68 Å². The molecule has 0 unspecified atom stereocenters. The van der Waals surface area contributed by atoms with Crippen molar-refractivity contribution in [3.8, 4) is 0 Å². The van der Waals surface area contributed by atoms with Crippen LogP contribution in [0.15, 0.2) is 21.7 Å². The van der Waals surface area contributed by atoms with E-state index in [1.807, 2.05) is 0 Å². The van der Waals surface area contributed by atoms with E-state index in [1.54, 1.807) is 0 Å². The van der Waals surface area contributed by atoms with Gasteiger partial charge in [-0.3, -0.25) is 19.5 Å². The summed E-state index contributed by atoms with van der Waals surface area (Å²) in [6, 6.07) is 2.29. The van der Waals surface area contributed by atoms with Gasteiger partial charge < -0.3 is 5.32 Å². The summed E-state index contributed by atoms with van der Waals surface area (Å²) in [4.78, 5) is 34.0. The van der Waals surface area contributed by atoms with Crippen molar-refractivity contribution >= 4 is 5.91 Å². The second-order valence-electron chi connectivity index (χ2n) is 4.22. The molecule has 100 valence electrons. The number of amides is 1. The fourth-order valence-electron chi connectivity index (χ4n) is 1.61. The molecular weight excluding hydrogens is 234 g/mol. The molecular formula is C12H19N3O3. The third kappa shape index (κ3) is 4.20. The van der Waals surface area contributed by atoms with Crippen LogP contribution in [0.1, 0.15) is 26.7 Å². The van der Waals surface area contributed by atoms with Gasteiger partial charge in [-0.05, 0) is 5.92 Å². The van der Waals surface area contributed by atoms with Crippen LogP contribution in [-0.2, 0) is 11.3 Å². The van der Waals surface area contributed by atoms with Crippen molar-refractivity contribution in [2.45, 2.75) is 33.2 Å². The second-order valence-corrected chi connectivity index (χ2v) is 4.22. The highest BCUT2D eigenvalue weighted by Crippen LogP contribution is 2.04. The molecule has 1 aromatic heterocycles. The average molecular weight is 253 g/mol. The van der Waals surface area contributed by atoms with Gasteiger partial charge in [-0.2, -0.15) is 0 Å². The van der Waals surface area contributed by atoms with Gasteiger partial charge in [0.1, 0.15) is 6.54 Å². The van der Waals surface area contributed by atoms with Gasteiger partial charge in [0, 0.05) is 18.7 Å². The molecule has 18 heavy (non-hydrogen) atoms. The highest BCUT2D eigenvalue weighted by atomic mass is 16.2. The number of aromatic nitrogens is 2. The van der Waals surface area contributed by atoms with Crippen LogP contribution in [0.3, 0.4) is 0 Å². The Labute approximate surface area is 105 Å². The van der Waals surface area contributed by atoms with Gasteiger partial charge in [-0.15, -0.1) is 0 Å². The minimum atomic E-state index is -0.401. The Kier molecular flexibility index (Phi) is 5.35. The van der Waals surface area contributed by atoms with Crippen molar-refractivity contribution in [1.82, 2.24) is 15.1 Å². The lowest BCUT2D eigenvalue weighted by Gasteiger charge is -2.13. The maximum atomic E-state index is 11.6. The van der Waals surface area contributed by atoms with E-state index in [9.17, 15) is 14.4 Å². The van der Waals surface area contributed by atoms with E-state index in [2.05, 4.69) is 24.3 Å². The molecule has 0 saturated heterocycles. The fraction of sp³-hybridized carbons (Fsp3) is 0.583. The van der Waals surface area contributed by atoms with E-state index in [0.717, 1.165) is 29.7 Å². The van der Waals surface area contributed by atoms with Crippen molar-refractivity contribution in [3.63, 3.8) is 0 Å². The smallest absolute Gasteiger partial charge is 0.265 e. The normalized spacial score (nSPS) is 10.6. The summed E-state index contributed by atoms with van der Waals surface area (Å²) in [5.74, 6) is 0.173. The molecule has 2 N–H and O–H groups in total. The van der Waals surface area contributed by atoms with Crippen molar-refractivity contribution in [2.75, 3.05) is 6.54 Å². The second kappa shape index (κ2) is 6.78. The molecule has 0 aromatic carbocycles. The molecule has 6 nitrogen and oxygen atoms in total. The van der Waals surface area contributed by atoms with Gasteiger partial charge in [0.2, 0.25) is 5.91 Å². The van der Waals surface area contributed by atoms with Crippen LogP contribution in [-0.4, -0.2) is 22.2 Å². The van der Waals surface area contributed by atoms with Crippen LogP contribution in [0.25, 0.3) is 0 Å². The number of nitrogens with one attached hydrogen (secondary N) is 2. The molecule has 0 atom stereocenters. The predicted octanol–water partition coefficient (Wildman–Crippen LogP) is 0.0890. The molecule has 1 heterocycles. The highest BCUT2D eigenvalue weighted by molar-refractivity contribution is 5.75. The first-order chi connectivity index (χ1) is 8.56. The summed E-state index contributed by atoms with van der Waals surface area (Å²) in [5.41, 5.74) is -0.797. The highest BCUT2D eigenvalue weighted by Gasteiger charge is 2.08. The predicted molar refractivity (Wildman–Crippen MR) is 68.4 cm³/mol. The van der Waals surface area contributed by atoms with Crippen LogP contribution in [0, 0.1) is 5.92 Å². The molecule has 1 amide bonds. The minimum absolute atomic E-state index is 0.158. The Morgan fingerprint density at radius 1 is 1.33 bits per heavy atom. The van der Waals surface area contributed by atoms with Crippen molar-refractivity contribution in [3.05, 3.63) is 32.8 Å². The van der Waals surface area contributed by atoms with Gasteiger partial charge in [0.25, 0.3) is 11.1 Å². The summed E-state index contributed by atoms with van der Waals surface area (Å²) in [6.07, 6.45) is 2.00. The van der Waals surface area contributed by atoms with Crippen LogP contribution in [0.2, 0.25) is 0 Å². The van der Waals surface area contributed by atoms with Crippen LogP contribution < -0.4 is 16.4 Å². The zero-order valence-corrected chi connectivity index (χ0v) is 10.7. The van der Waals surface area contributed by atoms with E-state index in [-0.39, 0.29) is 12.5 Å². The number of carbonyl (C=O) groups is 1. The third-order valence-corrected chi connectivity index (χ3v) is 2.93. The standard InChI is InChI=1S/C12H19N3O3/c1-3-9(4-2)7-13-11(17)8-15-12(18)6-5-10(16)14-15/h5-6,9H,3-4,7-8H2,1-2H3,(H,13,17)(H,14,16). The molecule has 1 aromatic rings. The number of nitrogens with zero attached hydrogens (tertiary/aromatic N) is 1. The first kappa shape index (κ1) is 14.2. The van der Waals surface area contributed by atoms with Crippen molar-refractivity contribution in [2.24, 2.45) is 5.92 Å². The van der Waals surface area contributed by atoms with Gasteiger partial charge in [-0.1, -0.05) is 26.7 Å². The maximum absolute atomic E-state index is 11.6. The number of H-pyrrole nitrogens is 1.